The van der Waals surface area contributed by atoms with Crippen molar-refractivity contribution in [3.05, 3.63) is 23.3 Å². The molecule has 0 saturated carbocycles. The average Bonchev–Trinajstić information content (AvgIpc) is 2.89. The zero-order valence-corrected chi connectivity index (χ0v) is 25.0. The first-order chi connectivity index (χ1) is 18.9. The maximum Gasteiger partial charge on any atom is 0.251 e. The average molecular weight is 587 g/mol. The highest BCUT2D eigenvalue weighted by Gasteiger charge is 2.45. The number of alkyl halides is 2. The van der Waals surface area contributed by atoms with E-state index in [-0.39, 0.29) is 30.6 Å². The van der Waals surface area contributed by atoms with E-state index in [4.69, 9.17) is 9.47 Å². The molecule has 4 rings (SSSR count). The van der Waals surface area contributed by atoms with Gasteiger partial charge in [0.25, 0.3) is 5.92 Å². The van der Waals surface area contributed by atoms with Crippen molar-refractivity contribution in [1.29, 1.82) is 0 Å². The molecule has 9 nitrogen and oxygen atoms in total. The minimum atomic E-state index is -4.08. The molecule has 0 bridgehead atoms. The Bertz CT molecular complexity index is 1110. The molecule has 1 aromatic carbocycles. The van der Waals surface area contributed by atoms with Crippen LogP contribution in [0, 0.1) is 19.8 Å². The first-order valence-electron chi connectivity index (χ1n) is 14.2. The molecular weight excluding hydrogens is 542 g/mol. The van der Waals surface area contributed by atoms with Gasteiger partial charge in [-0.2, -0.15) is 4.31 Å². The fourth-order valence-corrected chi connectivity index (χ4v) is 8.20. The molecule has 1 aromatic rings. The second-order valence-corrected chi connectivity index (χ2v) is 13.4. The lowest BCUT2D eigenvalue weighted by atomic mass is 9.96. The molecule has 3 aliphatic heterocycles. The summed E-state index contributed by atoms with van der Waals surface area (Å²) in [7, 11) is -0.425. The highest BCUT2D eigenvalue weighted by Crippen LogP contribution is 2.37. The molecule has 0 unspecified atom stereocenters. The number of amides is 1. The molecule has 226 valence electrons. The summed E-state index contributed by atoms with van der Waals surface area (Å²) >= 11 is 0. The lowest BCUT2D eigenvalue weighted by Crippen LogP contribution is -2.53. The van der Waals surface area contributed by atoms with Crippen LogP contribution in [-0.4, -0.2) is 125 Å². The Morgan fingerprint density at radius 1 is 1.02 bits per heavy atom. The first kappa shape index (κ1) is 31.1. The number of ether oxygens (including phenoxy) is 2. The molecule has 3 aliphatic rings. The quantitative estimate of drug-likeness (QED) is 0.440. The number of aryl methyl sites for hydroxylation is 2. The van der Waals surface area contributed by atoms with E-state index in [1.54, 1.807) is 30.9 Å². The van der Waals surface area contributed by atoms with Crippen molar-refractivity contribution in [3.8, 4) is 5.75 Å². The molecule has 40 heavy (non-hydrogen) atoms. The van der Waals surface area contributed by atoms with Gasteiger partial charge in [-0.15, -0.1) is 0 Å². The van der Waals surface area contributed by atoms with E-state index in [0.717, 1.165) is 37.0 Å². The fourth-order valence-electron chi connectivity index (χ4n) is 6.18. The molecule has 3 heterocycles. The SMILES string of the molecule is COc1cc(C)c(S(=O)(=O)N2CCC(F)(F)C[C@H]2COCC(=O)N2CCN(CC3CCN(C)CC3)CC2)c(C)c1. The number of halogens is 2. The Balaban J connectivity index is 1.32. The summed E-state index contributed by atoms with van der Waals surface area (Å²) in [5.74, 6) is -1.98. The number of hydrogen-bond donors (Lipinski definition) is 0. The standard InChI is InChI=1S/C28H44F2N4O5S/c1-21-15-25(38-4)16-22(2)27(21)40(36,37)34-10-7-28(29,30)17-24(34)19-39-20-26(35)33-13-11-32(12-14-33)18-23-5-8-31(3)9-6-23/h15-16,23-24H,5-14,17-20H2,1-4H3/t24-/m0/s1. The lowest BCUT2D eigenvalue weighted by molar-refractivity contribution is -0.139. The van der Waals surface area contributed by atoms with E-state index in [9.17, 15) is 22.0 Å². The number of piperazine rings is 1. The molecule has 0 spiro atoms. The predicted octanol–water partition coefficient (Wildman–Crippen LogP) is 2.60. The van der Waals surface area contributed by atoms with Gasteiger partial charge in [-0.3, -0.25) is 9.69 Å². The molecule has 3 fully saturated rings. The maximum absolute atomic E-state index is 14.4. The zero-order valence-electron chi connectivity index (χ0n) is 24.2. The molecule has 1 amide bonds. The third-order valence-corrected chi connectivity index (χ3v) is 10.7. The largest absolute Gasteiger partial charge is 0.497 e. The van der Waals surface area contributed by atoms with Crippen LogP contribution < -0.4 is 4.74 Å². The smallest absolute Gasteiger partial charge is 0.251 e. The number of carbonyl (C=O) groups is 1. The summed E-state index contributed by atoms with van der Waals surface area (Å²) in [6.07, 6.45) is 1.20. The van der Waals surface area contributed by atoms with Gasteiger partial charge >= 0.3 is 0 Å². The summed E-state index contributed by atoms with van der Waals surface area (Å²) in [6, 6.07) is 2.17. The van der Waals surface area contributed by atoms with Crippen LogP contribution in [0.15, 0.2) is 17.0 Å². The molecule has 0 radical (unpaired) electrons. The number of benzene rings is 1. The van der Waals surface area contributed by atoms with Gasteiger partial charge in [-0.05, 0) is 76.0 Å². The molecule has 3 saturated heterocycles. The molecule has 0 N–H and O–H groups in total. The Kier molecular flexibility index (Phi) is 10.1. The van der Waals surface area contributed by atoms with Gasteiger partial charge in [0.05, 0.1) is 24.7 Å². The number of likely N-dealkylation sites (tertiary alicyclic amines) is 1. The van der Waals surface area contributed by atoms with E-state index in [2.05, 4.69) is 16.8 Å². The highest BCUT2D eigenvalue weighted by atomic mass is 32.2. The van der Waals surface area contributed by atoms with Crippen LogP contribution in [0.25, 0.3) is 0 Å². The van der Waals surface area contributed by atoms with E-state index in [1.807, 2.05) is 0 Å². The van der Waals surface area contributed by atoms with Gasteiger partial charge in [0, 0.05) is 52.1 Å². The molecule has 0 aromatic heterocycles. The van der Waals surface area contributed by atoms with Crippen molar-refractivity contribution in [2.75, 3.05) is 79.7 Å². The monoisotopic (exact) mass is 586 g/mol. The summed E-state index contributed by atoms with van der Waals surface area (Å²) in [6.45, 7) is 8.62. The van der Waals surface area contributed by atoms with Crippen LogP contribution in [0.5, 0.6) is 5.75 Å². The van der Waals surface area contributed by atoms with E-state index < -0.39 is 34.8 Å². The van der Waals surface area contributed by atoms with Gasteiger partial charge < -0.3 is 19.3 Å². The molecular formula is C28H44F2N4O5S. The first-order valence-corrected chi connectivity index (χ1v) is 15.6. The number of piperidine rings is 2. The van der Waals surface area contributed by atoms with Crippen LogP contribution in [0.2, 0.25) is 0 Å². The normalized spacial score (nSPS) is 23.9. The minimum absolute atomic E-state index is 0.0951. The second kappa shape index (κ2) is 13.0. The number of methoxy groups -OCH3 is 1. The number of hydrogen-bond acceptors (Lipinski definition) is 7. The summed E-state index contributed by atoms with van der Waals surface area (Å²) in [5.41, 5.74) is 0.970. The van der Waals surface area contributed by atoms with Crippen LogP contribution in [0.1, 0.15) is 36.8 Å². The van der Waals surface area contributed by atoms with Gasteiger partial charge in [-0.1, -0.05) is 0 Å². The van der Waals surface area contributed by atoms with Crippen molar-refractivity contribution in [2.45, 2.75) is 56.4 Å². The van der Waals surface area contributed by atoms with Crippen LogP contribution >= 0.6 is 0 Å². The summed E-state index contributed by atoms with van der Waals surface area (Å²) in [5, 5.41) is 0. The van der Waals surface area contributed by atoms with Gasteiger partial charge in [-0.25, -0.2) is 17.2 Å². The Labute approximate surface area is 237 Å². The molecule has 1 atom stereocenters. The summed E-state index contributed by atoms with van der Waals surface area (Å²) in [4.78, 5) is 19.5. The van der Waals surface area contributed by atoms with Crippen molar-refractivity contribution in [1.82, 2.24) is 19.0 Å². The number of sulfonamides is 1. The van der Waals surface area contributed by atoms with Crippen molar-refractivity contribution in [2.24, 2.45) is 5.92 Å². The van der Waals surface area contributed by atoms with Crippen LogP contribution in [-0.2, 0) is 19.6 Å². The molecule has 12 heteroatoms. The minimum Gasteiger partial charge on any atom is -0.497 e. The van der Waals surface area contributed by atoms with Crippen LogP contribution in [0.4, 0.5) is 8.78 Å². The van der Waals surface area contributed by atoms with Crippen LogP contribution in [0.3, 0.4) is 0 Å². The Morgan fingerprint density at radius 2 is 1.65 bits per heavy atom. The summed E-state index contributed by atoms with van der Waals surface area (Å²) < 4.78 is 68.2. The maximum atomic E-state index is 14.4. The second-order valence-electron chi connectivity index (χ2n) is 11.6. The zero-order chi connectivity index (χ0) is 29.1. The van der Waals surface area contributed by atoms with E-state index in [1.165, 1.54) is 20.0 Å². The third-order valence-electron chi connectivity index (χ3n) is 8.49. The van der Waals surface area contributed by atoms with Crippen molar-refractivity contribution in [3.63, 3.8) is 0 Å². The predicted molar refractivity (Wildman–Crippen MR) is 148 cm³/mol. The topological polar surface area (TPSA) is 82.6 Å². The fraction of sp³-hybridized carbons (Fsp3) is 0.750. The molecule has 0 aliphatic carbocycles. The van der Waals surface area contributed by atoms with Gasteiger partial charge in [0.1, 0.15) is 12.4 Å². The van der Waals surface area contributed by atoms with Crippen molar-refractivity contribution >= 4 is 15.9 Å². The lowest BCUT2D eigenvalue weighted by Gasteiger charge is -2.39. The highest BCUT2D eigenvalue weighted by molar-refractivity contribution is 7.89. The number of rotatable bonds is 9. The van der Waals surface area contributed by atoms with Crippen molar-refractivity contribution < 1.29 is 31.5 Å². The van der Waals surface area contributed by atoms with E-state index >= 15 is 0 Å². The third kappa shape index (κ3) is 7.50. The van der Waals surface area contributed by atoms with Gasteiger partial charge in [0.15, 0.2) is 0 Å². The van der Waals surface area contributed by atoms with Gasteiger partial charge in [0.2, 0.25) is 15.9 Å². The number of nitrogens with zero attached hydrogens (tertiary/aromatic N) is 4. The van der Waals surface area contributed by atoms with E-state index in [0.29, 0.717) is 35.9 Å². The Morgan fingerprint density at radius 3 is 2.25 bits per heavy atom. The number of carbonyl (C=O) groups excluding carboxylic acids is 1. The Hall–Kier alpha value is -1.86.